The molecule has 14 heavy (non-hydrogen) atoms. The zero-order valence-corrected chi connectivity index (χ0v) is 8.66. The smallest absolute Gasteiger partial charge is 0.410 e. The summed E-state index contributed by atoms with van der Waals surface area (Å²) in [4.78, 5) is 12.6. The standard InChI is InChI=1S/C9H16FNO3/c1-9(2,3)14-8(13)11-4-6(10)7(12)5-11/h6-7,12H,4-5H2,1-3H3/t6?,7-/m1/s1. The third-order valence-corrected chi connectivity index (χ3v) is 1.87. The molecule has 0 aromatic rings. The Morgan fingerprint density at radius 1 is 1.50 bits per heavy atom. The van der Waals surface area contributed by atoms with Crippen molar-refractivity contribution in [3.8, 4) is 0 Å². The Kier molecular flexibility index (Phi) is 2.99. The van der Waals surface area contributed by atoms with Gasteiger partial charge in [0.05, 0.1) is 13.1 Å². The number of ether oxygens (including phenoxy) is 1. The van der Waals surface area contributed by atoms with Gasteiger partial charge in [-0.1, -0.05) is 0 Å². The number of aliphatic hydroxyl groups excluding tert-OH is 1. The van der Waals surface area contributed by atoms with Crippen LogP contribution >= 0.6 is 0 Å². The molecule has 1 unspecified atom stereocenters. The van der Waals surface area contributed by atoms with E-state index in [1.165, 1.54) is 4.90 Å². The van der Waals surface area contributed by atoms with Gasteiger partial charge < -0.3 is 14.7 Å². The number of rotatable bonds is 0. The normalized spacial score (nSPS) is 27.9. The van der Waals surface area contributed by atoms with Crippen molar-refractivity contribution < 1.29 is 19.0 Å². The molecule has 1 amide bonds. The minimum atomic E-state index is -1.36. The lowest BCUT2D eigenvalue weighted by molar-refractivity contribution is 0.0269. The van der Waals surface area contributed by atoms with Crippen LogP contribution in [0, 0.1) is 0 Å². The van der Waals surface area contributed by atoms with E-state index in [9.17, 15) is 9.18 Å². The van der Waals surface area contributed by atoms with Crippen LogP contribution in [0.3, 0.4) is 0 Å². The van der Waals surface area contributed by atoms with Crippen molar-refractivity contribution >= 4 is 6.09 Å². The van der Waals surface area contributed by atoms with Crippen molar-refractivity contribution in [2.75, 3.05) is 13.1 Å². The van der Waals surface area contributed by atoms with Gasteiger partial charge in [0, 0.05) is 0 Å². The number of likely N-dealkylation sites (tertiary alicyclic amines) is 1. The average molecular weight is 205 g/mol. The van der Waals surface area contributed by atoms with Gasteiger partial charge in [-0.3, -0.25) is 0 Å². The fraction of sp³-hybridized carbons (Fsp3) is 0.889. The Hall–Kier alpha value is -0.840. The number of hydrogen-bond acceptors (Lipinski definition) is 3. The predicted molar refractivity (Wildman–Crippen MR) is 48.7 cm³/mol. The molecule has 0 spiro atoms. The molecule has 1 saturated heterocycles. The molecule has 1 aliphatic heterocycles. The lowest BCUT2D eigenvalue weighted by atomic mass is 10.2. The molecular weight excluding hydrogens is 189 g/mol. The monoisotopic (exact) mass is 205 g/mol. The highest BCUT2D eigenvalue weighted by molar-refractivity contribution is 5.68. The van der Waals surface area contributed by atoms with Crippen LogP contribution in [0.2, 0.25) is 0 Å². The van der Waals surface area contributed by atoms with E-state index in [0.717, 1.165) is 0 Å². The van der Waals surface area contributed by atoms with E-state index in [0.29, 0.717) is 0 Å². The Balaban J connectivity index is 2.48. The van der Waals surface area contributed by atoms with E-state index >= 15 is 0 Å². The largest absolute Gasteiger partial charge is 0.444 e. The Morgan fingerprint density at radius 3 is 2.43 bits per heavy atom. The Labute approximate surface area is 82.6 Å². The van der Waals surface area contributed by atoms with Crippen molar-refractivity contribution in [2.24, 2.45) is 0 Å². The molecule has 0 bridgehead atoms. The zero-order valence-electron chi connectivity index (χ0n) is 8.66. The molecule has 0 aromatic heterocycles. The average Bonchev–Trinajstić information content (AvgIpc) is 2.28. The highest BCUT2D eigenvalue weighted by atomic mass is 19.1. The van der Waals surface area contributed by atoms with E-state index in [4.69, 9.17) is 9.84 Å². The van der Waals surface area contributed by atoms with Crippen LogP contribution in [0.15, 0.2) is 0 Å². The topological polar surface area (TPSA) is 49.8 Å². The molecule has 2 atom stereocenters. The van der Waals surface area contributed by atoms with Crippen molar-refractivity contribution in [2.45, 2.75) is 38.6 Å². The Bertz CT molecular complexity index is 217. The number of halogens is 1. The van der Waals surface area contributed by atoms with Crippen LogP contribution in [0.4, 0.5) is 9.18 Å². The number of carbonyl (C=O) groups excluding carboxylic acids is 1. The molecule has 4 nitrogen and oxygen atoms in total. The second kappa shape index (κ2) is 3.73. The summed E-state index contributed by atoms with van der Waals surface area (Å²) in [6, 6.07) is 0. The summed E-state index contributed by atoms with van der Waals surface area (Å²) < 4.78 is 17.9. The van der Waals surface area contributed by atoms with Gasteiger partial charge in [0.1, 0.15) is 17.9 Å². The van der Waals surface area contributed by atoms with Crippen molar-refractivity contribution in [1.29, 1.82) is 0 Å². The van der Waals surface area contributed by atoms with Crippen LogP contribution in [0.1, 0.15) is 20.8 Å². The van der Waals surface area contributed by atoms with Gasteiger partial charge in [-0.25, -0.2) is 9.18 Å². The highest BCUT2D eigenvalue weighted by Crippen LogP contribution is 2.17. The molecule has 1 fully saturated rings. The first-order chi connectivity index (χ1) is 6.29. The second-order valence-electron chi connectivity index (χ2n) is 4.47. The molecule has 1 heterocycles. The summed E-state index contributed by atoms with van der Waals surface area (Å²) in [6.45, 7) is 5.14. The number of carbonyl (C=O) groups is 1. The maximum atomic E-state index is 12.9. The first-order valence-electron chi connectivity index (χ1n) is 4.59. The first kappa shape index (κ1) is 11.2. The number of alkyl halides is 1. The van der Waals surface area contributed by atoms with Crippen molar-refractivity contribution in [1.82, 2.24) is 4.90 Å². The zero-order chi connectivity index (χ0) is 10.9. The van der Waals surface area contributed by atoms with Gasteiger partial charge >= 0.3 is 6.09 Å². The van der Waals surface area contributed by atoms with Gasteiger partial charge in [0.2, 0.25) is 0 Å². The fourth-order valence-corrected chi connectivity index (χ4v) is 1.22. The van der Waals surface area contributed by atoms with Crippen LogP contribution in [0.5, 0.6) is 0 Å². The van der Waals surface area contributed by atoms with Crippen LogP contribution in [-0.2, 0) is 4.74 Å². The third-order valence-electron chi connectivity index (χ3n) is 1.87. The number of nitrogens with zero attached hydrogens (tertiary/aromatic N) is 1. The molecule has 0 aliphatic carbocycles. The first-order valence-corrected chi connectivity index (χ1v) is 4.59. The van der Waals surface area contributed by atoms with Gasteiger partial charge in [0.15, 0.2) is 0 Å². The molecular formula is C9H16FNO3. The number of amides is 1. The van der Waals surface area contributed by atoms with E-state index < -0.39 is 24.0 Å². The summed E-state index contributed by atoms with van der Waals surface area (Å²) in [5.41, 5.74) is -0.587. The molecule has 1 rings (SSSR count). The van der Waals surface area contributed by atoms with E-state index in [1.54, 1.807) is 20.8 Å². The van der Waals surface area contributed by atoms with E-state index in [2.05, 4.69) is 0 Å². The lowest BCUT2D eigenvalue weighted by Crippen LogP contribution is -2.35. The van der Waals surface area contributed by atoms with Crippen LogP contribution in [-0.4, -0.2) is 47.1 Å². The molecule has 0 saturated carbocycles. The number of hydrogen-bond donors (Lipinski definition) is 1. The third kappa shape index (κ3) is 2.83. The van der Waals surface area contributed by atoms with E-state index in [1.807, 2.05) is 0 Å². The number of β-amino-alcohol motifs (C(OH)–C–C–N with tert-alkyl or cyclic N) is 1. The Morgan fingerprint density at radius 2 is 2.07 bits per heavy atom. The molecule has 1 aliphatic rings. The summed E-state index contributed by atoms with van der Waals surface area (Å²) in [5.74, 6) is 0. The van der Waals surface area contributed by atoms with Gasteiger partial charge in [-0.05, 0) is 20.8 Å². The summed E-state index contributed by atoms with van der Waals surface area (Å²) in [5, 5.41) is 9.09. The molecule has 5 heteroatoms. The maximum Gasteiger partial charge on any atom is 0.410 e. The molecule has 0 radical (unpaired) electrons. The van der Waals surface area contributed by atoms with Gasteiger partial charge in [0.25, 0.3) is 0 Å². The number of aliphatic hydroxyl groups is 1. The summed E-state index contributed by atoms with van der Waals surface area (Å²) in [7, 11) is 0. The van der Waals surface area contributed by atoms with Crippen molar-refractivity contribution in [3.05, 3.63) is 0 Å². The fourth-order valence-electron chi connectivity index (χ4n) is 1.22. The minimum Gasteiger partial charge on any atom is -0.444 e. The molecule has 1 N–H and O–H groups in total. The minimum absolute atomic E-state index is 0.0100. The summed E-state index contributed by atoms with van der Waals surface area (Å²) in [6.07, 6.45) is -3.01. The van der Waals surface area contributed by atoms with Gasteiger partial charge in [-0.15, -0.1) is 0 Å². The van der Waals surface area contributed by atoms with Crippen LogP contribution < -0.4 is 0 Å². The lowest BCUT2D eigenvalue weighted by Gasteiger charge is -2.23. The van der Waals surface area contributed by atoms with Crippen LogP contribution in [0.25, 0.3) is 0 Å². The molecule has 82 valence electrons. The highest BCUT2D eigenvalue weighted by Gasteiger charge is 2.35. The summed E-state index contributed by atoms with van der Waals surface area (Å²) >= 11 is 0. The maximum absolute atomic E-state index is 12.9. The predicted octanol–water partition coefficient (Wildman–Crippen LogP) is 0.936. The van der Waals surface area contributed by atoms with Crippen molar-refractivity contribution in [3.63, 3.8) is 0 Å². The quantitative estimate of drug-likeness (QED) is 0.640. The second-order valence-corrected chi connectivity index (χ2v) is 4.47. The van der Waals surface area contributed by atoms with E-state index in [-0.39, 0.29) is 13.1 Å². The SMILES string of the molecule is CC(C)(C)OC(=O)N1CC(F)[C@H](O)C1. The van der Waals surface area contributed by atoms with Gasteiger partial charge in [-0.2, -0.15) is 0 Å². The molecule has 0 aromatic carbocycles.